The average molecular weight is 385 g/mol. The molecule has 0 aliphatic carbocycles. The molecule has 0 aliphatic heterocycles. The molecule has 3 rings (SSSR count). The molecule has 0 saturated heterocycles. The maximum Gasteiger partial charge on any atom is 0.230 e. The molecule has 1 heterocycles. The van der Waals surface area contributed by atoms with Gasteiger partial charge in [-0.3, -0.25) is 4.79 Å². The fourth-order valence-corrected chi connectivity index (χ4v) is 3.37. The zero-order valence-corrected chi connectivity index (χ0v) is 16.8. The average Bonchev–Trinajstić information content (AvgIpc) is 2.96. The number of ether oxygens (including phenoxy) is 1. The Morgan fingerprint density at radius 3 is 2.67 bits per heavy atom. The Labute approximate surface area is 163 Å². The largest absolute Gasteiger partial charge is 0.485 e. The van der Waals surface area contributed by atoms with Crippen molar-refractivity contribution in [2.75, 3.05) is 5.75 Å². The zero-order chi connectivity index (χ0) is 19.4. The van der Waals surface area contributed by atoms with E-state index in [9.17, 15) is 4.79 Å². The molecule has 0 radical (unpaired) electrons. The Kier molecular flexibility index (Phi) is 5.70. The van der Waals surface area contributed by atoms with Gasteiger partial charge in [0.1, 0.15) is 12.4 Å². The summed E-state index contributed by atoms with van der Waals surface area (Å²) in [6, 6.07) is 14.1. The van der Waals surface area contributed by atoms with Crippen molar-refractivity contribution in [2.24, 2.45) is 7.05 Å². The standard InChI is InChI=1S/C20H24N4O2S/c1-20(2,3)21-18(25)13-27-19-23-22-17(24(19)4)12-26-16-11-7-9-14-8-5-6-10-15(14)16/h5-11H,12-13H2,1-4H3,(H,21,25). The number of hydrogen-bond donors (Lipinski definition) is 1. The topological polar surface area (TPSA) is 69.0 Å². The van der Waals surface area contributed by atoms with Crippen LogP contribution in [0.2, 0.25) is 0 Å². The number of fused-ring (bicyclic) bond motifs is 1. The summed E-state index contributed by atoms with van der Waals surface area (Å²) in [7, 11) is 1.88. The van der Waals surface area contributed by atoms with Crippen molar-refractivity contribution in [2.45, 2.75) is 38.1 Å². The highest BCUT2D eigenvalue weighted by Crippen LogP contribution is 2.26. The molecule has 0 atom stereocenters. The third-order valence-electron chi connectivity index (χ3n) is 3.88. The molecule has 0 bridgehead atoms. The Morgan fingerprint density at radius 1 is 1.15 bits per heavy atom. The molecule has 1 aromatic heterocycles. The number of benzene rings is 2. The second kappa shape index (κ2) is 8.00. The summed E-state index contributed by atoms with van der Waals surface area (Å²) >= 11 is 1.36. The van der Waals surface area contributed by atoms with E-state index in [4.69, 9.17) is 4.74 Å². The highest BCUT2D eigenvalue weighted by molar-refractivity contribution is 7.99. The Bertz CT molecular complexity index is 941. The number of carbonyl (C=O) groups excluding carboxylic acids is 1. The molecule has 0 aliphatic rings. The molecule has 3 aromatic rings. The van der Waals surface area contributed by atoms with E-state index in [0.29, 0.717) is 23.3 Å². The van der Waals surface area contributed by atoms with Gasteiger partial charge in [0.25, 0.3) is 0 Å². The number of rotatable bonds is 6. The molecular weight excluding hydrogens is 360 g/mol. The van der Waals surface area contributed by atoms with Gasteiger partial charge >= 0.3 is 0 Å². The van der Waals surface area contributed by atoms with Crippen LogP contribution >= 0.6 is 11.8 Å². The summed E-state index contributed by atoms with van der Waals surface area (Å²) in [5, 5.41) is 14.2. The number of aromatic nitrogens is 3. The number of nitrogens with zero attached hydrogens (tertiary/aromatic N) is 3. The van der Waals surface area contributed by atoms with E-state index in [2.05, 4.69) is 27.6 Å². The molecule has 0 unspecified atom stereocenters. The summed E-state index contributed by atoms with van der Waals surface area (Å²) in [5.74, 6) is 1.80. The quantitative estimate of drug-likeness (QED) is 0.658. The fourth-order valence-electron chi connectivity index (χ4n) is 2.64. The van der Waals surface area contributed by atoms with Crippen molar-refractivity contribution < 1.29 is 9.53 Å². The smallest absolute Gasteiger partial charge is 0.230 e. The van der Waals surface area contributed by atoms with Crippen molar-refractivity contribution in [1.29, 1.82) is 0 Å². The highest BCUT2D eigenvalue weighted by Gasteiger charge is 2.16. The normalized spacial score (nSPS) is 11.6. The van der Waals surface area contributed by atoms with Crippen LogP contribution in [0.25, 0.3) is 10.8 Å². The first-order valence-electron chi connectivity index (χ1n) is 8.76. The molecule has 2 aromatic carbocycles. The number of carbonyl (C=O) groups is 1. The van der Waals surface area contributed by atoms with E-state index >= 15 is 0 Å². The van der Waals surface area contributed by atoms with E-state index in [1.165, 1.54) is 11.8 Å². The summed E-state index contributed by atoms with van der Waals surface area (Å²) in [6.07, 6.45) is 0. The van der Waals surface area contributed by atoms with Crippen LogP contribution in [0.15, 0.2) is 47.6 Å². The van der Waals surface area contributed by atoms with Crippen LogP contribution in [0.3, 0.4) is 0 Å². The molecule has 27 heavy (non-hydrogen) atoms. The summed E-state index contributed by atoms with van der Waals surface area (Å²) in [4.78, 5) is 12.0. The van der Waals surface area contributed by atoms with Crippen LogP contribution in [-0.2, 0) is 18.4 Å². The van der Waals surface area contributed by atoms with Gasteiger partial charge in [-0.25, -0.2) is 0 Å². The maximum absolute atomic E-state index is 12.0. The van der Waals surface area contributed by atoms with Crippen molar-refractivity contribution >= 4 is 28.4 Å². The number of amides is 1. The van der Waals surface area contributed by atoms with Crippen molar-refractivity contribution in [3.05, 3.63) is 48.3 Å². The number of nitrogens with one attached hydrogen (secondary N) is 1. The summed E-state index contributed by atoms with van der Waals surface area (Å²) in [6.45, 7) is 6.19. The van der Waals surface area contributed by atoms with Gasteiger partial charge < -0.3 is 14.6 Å². The molecule has 7 heteroatoms. The third-order valence-corrected chi connectivity index (χ3v) is 4.90. The van der Waals surface area contributed by atoms with Gasteiger partial charge in [0.2, 0.25) is 5.91 Å². The van der Waals surface area contributed by atoms with Gasteiger partial charge in [-0.15, -0.1) is 10.2 Å². The lowest BCUT2D eigenvalue weighted by Gasteiger charge is -2.20. The van der Waals surface area contributed by atoms with Crippen LogP contribution in [-0.4, -0.2) is 32.0 Å². The predicted molar refractivity (Wildman–Crippen MR) is 108 cm³/mol. The van der Waals surface area contributed by atoms with Gasteiger partial charge in [0, 0.05) is 18.0 Å². The van der Waals surface area contributed by atoms with E-state index in [1.54, 1.807) is 0 Å². The number of hydrogen-bond acceptors (Lipinski definition) is 5. The second-order valence-corrected chi connectivity index (χ2v) is 8.25. The van der Waals surface area contributed by atoms with Crippen molar-refractivity contribution in [3.8, 4) is 5.75 Å². The Hall–Kier alpha value is -2.54. The second-order valence-electron chi connectivity index (χ2n) is 7.31. The van der Waals surface area contributed by atoms with Gasteiger partial charge in [-0.1, -0.05) is 48.2 Å². The van der Waals surface area contributed by atoms with E-state index in [0.717, 1.165) is 16.5 Å². The summed E-state index contributed by atoms with van der Waals surface area (Å²) in [5.41, 5.74) is -0.241. The van der Waals surface area contributed by atoms with Gasteiger partial charge in [0.05, 0.1) is 5.75 Å². The monoisotopic (exact) mass is 384 g/mol. The minimum atomic E-state index is -0.241. The molecular formula is C20H24N4O2S. The first-order valence-corrected chi connectivity index (χ1v) is 9.75. The first-order chi connectivity index (χ1) is 12.8. The van der Waals surface area contributed by atoms with Crippen LogP contribution < -0.4 is 10.1 Å². The SMILES string of the molecule is Cn1c(COc2cccc3ccccc23)nnc1SCC(=O)NC(C)(C)C. The molecule has 0 fully saturated rings. The Balaban J connectivity index is 1.63. The predicted octanol–water partition coefficient (Wildman–Crippen LogP) is 3.55. The summed E-state index contributed by atoms with van der Waals surface area (Å²) < 4.78 is 7.84. The minimum absolute atomic E-state index is 0.0240. The van der Waals surface area contributed by atoms with Crippen LogP contribution in [0.4, 0.5) is 0 Å². The molecule has 0 saturated carbocycles. The molecule has 1 N–H and O–H groups in total. The molecule has 1 amide bonds. The van der Waals surface area contributed by atoms with Crippen LogP contribution in [0.5, 0.6) is 5.75 Å². The van der Waals surface area contributed by atoms with Crippen molar-refractivity contribution in [1.82, 2.24) is 20.1 Å². The van der Waals surface area contributed by atoms with Gasteiger partial charge in [-0.05, 0) is 32.2 Å². The van der Waals surface area contributed by atoms with Gasteiger partial charge in [-0.2, -0.15) is 0 Å². The highest BCUT2D eigenvalue weighted by atomic mass is 32.2. The maximum atomic E-state index is 12.0. The fraction of sp³-hybridized carbons (Fsp3) is 0.350. The number of thioether (sulfide) groups is 1. The van der Waals surface area contributed by atoms with E-state index in [1.807, 2.05) is 62.7 Å². The third kappa shape index (κ3) is 5.01. The van der Waals surface area contributed by atoms with Crippen molar-refractivity contribution in [3.63, 3.8) is 0 Å². The zero-order valence-electron chi connectivity index (χ0n) is 16.0. The molecule has 6 nitrogen and oxygen atoms in total. The van der Waals surface area contributed by atoms with E-state index < -0.39 is 0 Å². The first kappa shape index (κ1) is 19.2. The van der Waals surface area contributed by atoms with Gasteiger partial charge in [0.15, 0.2) is 11.0 Å². The Morgan fingerprint density at radius 2 is 1.89 bits per heavy atom. The van der Waals surface area contributed by atoms with Crippen LogP contribution in [0.1, 0.15) is 26.6 Å². The lowest BCUT2D eigenvalue weighted by Crippen LogP contribution is -2.41. The van der Waals surface area contributed by atoms with Crippen LogP contribution in [0, 0.1) is 0 Å². The lowest BCUT2D eigenvalue weighted by atomic mass is 10.1. The lowest BCUT2D eigenvalue weighted by molar-refractivity contribution is -0.119. The van der Waals surface area contributed by atoms with E-state index in [-0.39, 0.29) is 11.4 Å². The minimum Gasteiger partial charge on any atom is -0.485 e. The molecule has 142 valence electrons. The molecule has 0 spiro atoms.